The van der Waals surface area contributed by atoms with Crippen molar-refractivity contribution in [3.05, 3.63) is 93.6 Å². The third-order valence-corrected chi connectivity index (χ3v) is 5.12. The number of aryl methyl sites for hydroxylation is 1. The van der Waals surface area contributed by atoms with Gasteiger partial charge in [0, 0.05) is 6.07 Å². The molecule has 180 valence electrons. The Bertz CT molecular complexity index is 1490. The van der Waals surface area contributed by atoms with Gasteiger partial charge in [-0.3, -0.25) is 4.79 Å². The lowest BCUT2D eigenvalue weighted by Crippen LogP contribution is -2.29. The van der Waals surface area contributed by atoms with Gasteiger partial charge in [0.1, 0.15) is 17.1 Å². The Labute approximate surface area is 194 Å². The monoisotopic (exact) mass is 490 g/mol. The Balaban J connectivity index is 1.60. The van der Waals surface area contributed by atoms with Crippen LogP contribution in [-0.2, 0) is 4.79 Å². The van der Waals surface area contributed by atoms with Crippen molar-refractivity contribution in [1.29, 1.82) is 0 Å². The molecule has 0 saturated heterocycles. The summed E-state index contributed by atoms with van der Waals surface area (Å²) < 4.78 is 83.0. The van der Waals surface area contributed by atoms with Crippen molar-refractivity contribution in [2.45, 2.75) is 20.0 Å². The Kier molecular flexibility index (Phi) is 6.29. The molecular weight excluding hydrogens is 475 g/mol. The van der Waals surface area contributed by atoms with Gasteiger partial charge in [-0.1, -0.05) is 30.3 Å². The number of rotatable bonds is 5. The molecule has 0 saturated carbocycles. The lowest BCUT2D eigenvalue weighted by atomic mass is 10.0. The molecule has 5 nitrogen and oxygen atoms in total. The second-order valence-electron chi connectivity index (χ2n) is 7.47. The molecule has 1 heterocycles. The van der Waals surface area contributed by atoms with E-state index in [1.165, 1.54) is 18.2 Å². The van der Waals surface area contributed by atoms with Crippen LogP contribution in [0.2, 0.25) is 0 Å². The van der Waals surface area contributed by atoms with Crippen LogP contribution >= 0.6 is 0 Å². The molecule has 10 heteroatoms. The van der Waals surface area contributed by atoms with Gasteiger partial charge in [-0.25, -0.2) is 18.0 Å². The van der Waals surface area contributed by atoms with Gasteiger partial charge in [-0.2, -0.15) is 8.78 Å². The van der Waals surface area contributed by atoms with Gasteiger partial charge < -0.3 is 13.9 Å². The average molecular weight is 490 g/mol. The van der Waals surface area contributed by atoms with Crippen LogP contribution in [0.4, 0.5) is 22.0 Å². The van der Waals surface area contributed by atoms with Gasteiger partial charge in [0.15, 0.2) is 11.9 Å². The van der Waals surface area contributed by atoms with Crippen molar-refractivity contribution in [3.8, 4) is 22.6 Å². The van der Waals surface area contributed by atoms with Crippen molar-refractivity contribution >= 4 is 16.9 Å². The number of hydrogen-bond acceptors (Lipinski definition) is 5. The molecule has 0 bridgehead atoms. The SMILES string of the molecule is Cc1oc2cc(OC(=O)C(C)Oc3c(F)c(F)c(F)c(F)c3F)ccc2c(=O)c1-c1ccccc1. The first-order chi connectivity index (χ1) is 16.6. The summed E-state index contributed by atoms with van der Waals surface area (Å²) in [7, 11) is 0. The fourth-order valence-electron chi connectivity index (χ4n) is 3.40. The summed E-state index contributed by atoms with van der Waals surface area (Å²) in [6.07, 6.45) is -1.76. The minimum atomic E-state index is -2.36. The standard InChI is InChI=1S/C25H15F5O5/c1-11-17(13-6-4-3-5-7-13)23(31)15-9-8-14(10-16(15)33-11)35-25(32)12(2)34-24-21(29)19(27)18(26)20(28)22(24)30/h3-10,12H,1-2H3. The zero-order chi connectivity index (χ0) is 25.4. The summed E-state index contributed by atoms with van der Waals surface area (Å²) in [4.78, 5) is 25.3. The predicted molar refractivity (Wildman–Crippen MR) is 115 cm³/mol. The van der Waals surface area contributed by atoms with Crippen LogP contribution in [-0.4, -0.2) is 12.1 Å². The van der Waals surface area contributed by atoms with E-state index in [1.54, 1.807) is 37.3 Å². The molecule has 35 heavy (non-hydrogen) atoms. The molecular formula is C25H15F5O5. The number of esters is 1. The van der Waals surface area contributed by atoms with Crippen molar-refractivity contribution in [2.75, 3.05) is 0 Å². The van der Waals surface area contributed by atoms with E-state index in [4.69, 9.17) is 9.15 Å². The van der Waals surface area contributed by atoms with E-state index in [0.29, 0.717) is 16.9 Å². The molecule has 3 aromatic carbocycles. The van der Waals surface area contributed by atoms with E-state index in [-0.39, 0.29) is 22.1 Å². The van der Waals surface area contributed by atoms with Crippen molar-refractivity contribution in [2.24, 2.45) is 0 Å². The molecule has 0 aliphatic rings. The van der Waals surface area contributed by atoms with Crippen LogP contribution in [0.5, 0.6) is 11.5 Å². The minimum Gasteiger partial charge on any atom is -0.473 e. The Morgan fingerprint density at radius 3 is 2.11 bits per heavy atom. The Morgan fingerprint density at radius 1 is 0.886 bits per heavy atom. The zero-order valence-electron chi connectivity index (χ0n) is 18.1. The van der Waals surface area contributed by atoms with E-state index < -0.39 is 46.9 Å². The first-order valence-corrected chi connectivity index (χ1v) is 10.1. The van der Waals surface area contributed by atoms with Gasteiger partial charge in [-0.05, 0) is 31.5 Å². The summed E-state index contributed by atoms with van der Waals surface area (Å²) in [6, 6.07) is 12.8. The van der Waals surface area contributed by atoms with Crippen LogP contribution in [0, 0.1) is 36.0 Å². The van der Waals surface area contributed by atoms with Gasteiger partial charge >= 0.3 is 5.97 Å². The zero-order valence-corrected chi connectivity index (χ0v) is 18.1. The van der Waals surface area contributed by atoms with E-state index in [9.17, 15) is 31.5 Å². The summed E-state index contributed by atoms with van der Waals surface area (Å²) >= 11 is 0. The molecule has 0 N–H and O–H groups in total. The molecule has 4 aromatic rings. The summed E-state index contributed by atoms with van der Waals surface area (Å²) in [5.41, 5.74) is 0.824. The quantitative estimate of drug-likeness (QED) is 0.116. The maximum atomic E-state index is 13.8. The van der Waals surface area contributed by atoms with Crippen LogP contribution in [0.3, 0.4) is 0 Å². The van der Waals surface area contributed by atoms with Gasteiger partial charge in [-0.15, -0.1) is 0 Å². The van der Waals surface area contributed by atoms with Crippen molar-refractivity contribution in [3.63, 3.8) is 0 Å². The summed E-state index contributed by atoms with van der Waals surface area (Å²) in [5, 5.41) is 0.208. The fourth-order valence-corrected chi connectivity index (χ4v) is 3.40. The van der Waals surface area contributed by atoms with Crippen molar-refractivity contribution < 1.29 is 40.6 Å². The molecule has 0 fully saturated rings. The highest BCUT2D eigenvalue weighted by Gasteiger charge is 2.30. The second-order valence-corrected chi connectivity index (χ2v) is 7.47. The van der Waals surface area contributed by atoms with E-state index >= 15 is 0 Å². The maximum Gasteiger partial charge on any atom is 0.352 e. The second kappa shape index (κ2) is 9.21. The number of ether oxygens (including phenoxy) is 2. The minimum absolute atomic E-state index is 0.103. The normalized spacial score (nSPS) is 12.0. The molecule has 0 amide bonds. The molecule has 0 spiro atoms. The molecule has 1 aromatic heterocycles. The Hall–Kier alpha value is -4.21. The summed E-state index contributed by atoms with van der Waals surface area (Å²) in [5.74, 6) is -13.8. The van der Waals surface area contributed by atoms with Gasteiger partial charge in [0.25, 0.3) is 0 Å². The third-order valence-electron chi connectivity index (χ3n) is 5.12. The van der Waals surface area contributed by atoms with Gasteiger partial charge in [0.05, 0.1) is 10.9 Å². The lowest BCUT2D eigenvalue weighted by molar-refractivity contribution is -0.141. The molecule has 0 aliphatic heterocycles. The molecule has 4 rings (SSSR count). The van der Waals surface area contributed by atoms with Gasteiger partial charge in [0.2, 0.25) is 34.5 Å². The topological polar surface area (TPSA) is 65.7 Å². The third kappa shape index (κ3) is 4.34. The first kappa shape index (κ1) is 23.9. The molecule has 1 unspecified atom stereocenters. The number of carbonyl (C=O) groups is 1. The largest absolute Gasteiger partial charge is 0.473 e. The Morgan fingerprint density at radius 2 is 1.49 bits per heavy atom. The predicted octanol–water partition coefficient (Wildman–Crippen LogP) is 5.84. The first-order valence-electron chi connectivity index (χ1n) is 10.1. The molecule has 1 atom stereocenters. The number of hydrogen-bond donors (Lipinski definition) is 0. The summed E-state index contributed by atoms with van der Waals surface area (Å²) in [6.45, 7) is 2.60. The highest BCUT2D eigenvalue weighted by Crippen LogP contribution is 2.30. The van der Waals surface area contributed by atoms with Crippen LogP contribution < -0.4 is 14.9 Å². The highest BCUT2D eigenvalue weighted by atomic mass is 19.2. The van der Waals surface area contributed by atoms with E-state index in [2.05, 4.69) is 4.74 Å². The van der Waals surface area contributed by atoms with E-state index in [1.807, 2.05) is 0 Å². The highest BCUT2D eigenvalue weighted by molar-refractivity contribution is 5.85. The van der Waals surface area contributed by atoms with Crippen LogP contribution in [0.1, 0.15) is 12.7 Å². The smallest absolute Gasteiger partial charge is 0.352 e. The number of fused-ring (bicyclic) bond motifs is 1. The maximum absolute atomic E-state index is 13.8. The lowest BCUT2D eigenvalue weighted by Gasteiger charge is -2.16. The number of halogens is 5. The average Bonchev–Trinajstić information content (AvgIpc) is 2.84. The van der Waals surface area contributed by atoms with Crippen LogP contribution in [0.25, 0.3) is 22.1 Å². The molecule has 0 aliphatic carbocycles. The fraction of sp³-hybridized carbons (Fsp3) is 0.120. The number of benzene rings is 3. The van der Waals surface area contributed by atoms with Crippen LogP contribution in [0.15, 0.2) is 57.7 Å². The molecule has 0 radical (unpaired) electrons. The number of carbonyl (C=O) groups excluding carboxylic acids is 1. The van der Waals surface area contributed by atoms with E-state index in [0.717, 1.165) is 6.92 Å². The van der Waals surface area contributed by atoms with Crippen molar-refractivity contribution in [1.82, 2.24) is 0 Å².